The number of rotatable bonds is 4. The lowest BCUT2D eigenvalue weighted by molar-refractivity contribution is -0.132. The summed E-state index contributed by atoms with van der Waals surface area (Å²) in [5, 5.41) is 1.97. The third-order valence-corrected chi connectivity index (χ3v) is 3.67. The van der Waals surface area contributed by atoms with Crippen molar-refractivity contribution in [2.24, 2.45) is 0 Å². The molecule has 2 amide bonds. The number of benzene rings is 1. The Labute approximate surface area is 131 Å². The molecule has 0 bridgehead atoms. The second kappa shape index (κ2) is 6.50. The summed E-state index contributed by atoms with van der Waals surface area (Å²) in [7, 11) is 0. The smallest absolute Gasteiger partial charge is 0.414 e. The van der Waals surface area contributed by atoms with Crippen LogP contribution >= 0.6 is 22.6 Å². The first-order chi connectivity index (χ1) is 9.88. The Hall–Kier alpha value is -1.52. The van der Waals surface area contributed by atoms with Crippen LogP contribution in [0, 0.1) is 9.39 Å². The molecule has 1 heterocycles. The molecule has 0 spiro atoms. The highest BCUT2D eigenvalue weighted by Crippen LogP contribution is 2.24. The molecule has 1 N–H and O–H groups in total. The quantitative estimate of drug-likeness (QED) is 0.769. The molecule has 1 atom stereocenters. The zero-order valence-electron chi connectivity index (χ0n) is 10.5. The number of nitrogens with one attached hydrogen (secondary N) is 1. The Morgan fingerprint density at radius 2 is 2.24 bits per heavy atom. The third kappa shape index (κ3) is 3.77. The molecule has 1 aliphatic rings. The number of anilines is 1. The predicted molar refractivity (Wildman–Crippen MR) is 75.7 cm³/mol. The maximum atomic E-state index is 13.5. The molecule has 1 aromatic rings. The summed E-state index contributed by atoms with van der Waals surface area (Å²) >= 11 is 1.81. The van der Waals surface area contributed by atoms with Crippen LogP contribution in [0.3, 0.4) is 0 Å². The van der Waals surface area contributed by atoms with Gasteiger partial charge in [-0.25, -0.2) is 9.18 Å². The van der Waals surface area contributed by atoms with Gasteiger partial charge in [-0.05, 0) is 40.8 Å². The number of nitrogens with zero attached hydrogens (tertiary/aromatic N) is 1. The van der Waals surface area contributed by atoms with Gasteiger partial charge in [-0.15, -0.1) is 0 Å². The Bertz CT molecular complexity index is 571. The average molecular weight is 414 g/mol. The molecule has 0 aromatic heterocycles. The number of halogens is 4. The van der Waals surface area contributed by atoms with E-state index in [0.717, 1.165) is 0 Å². The van der Waals surface area contributed by atoms with Gasteiger partial charge in [-0.3, -0.25) is 9.69 Å². The summed E-state index contributed by atoms with van der Waals surface area (Å²) in [6.07, 6.45) is -4.60. The number of cyclic esters (lactones) is 1. The van der Waals surface area contributed by atoms with Gasteiger partial charge < -0.3 is 10.1 Å². The molecule has 1 saturated heterocycles. The molecule has 114 valence electrons. The van der Waals surface area contributed by atoms with Gasteiger partial charge in [0.25, 0.3) is 5.91 Å². The van der Waals surface area contributed by atoms with Crippen LogP contribution in [0.15, 0.2) is 18.2 Å². The van der Waals surface area contributed by atoms with Crippen LogP contribution in [0.25, 0.3) is 0 Å². The minimum absolute atomic E-state index is 0.0440. The van der Waals surface area contributed by atoms with Crippen molar-refractivity contribution >= 4 is 40.3 Å². The van der Waals surface area contributed by atoms with Gasteiger partial charge >= 0.3 is 12.5 Å². The Balaban J connectivity index is 1.99. The van der Waals surface area contributed by atoms with Crippen LogP contribution in [0.5, 0.6) is 0 Å². The number of hydrogen-bond donors (Lipinski definition) is 1. The van der Waals surface area contributed by atoms with E-state index in [2.05, 4.69) is 0 Å². The molecule has 0 aliphatic carbocycles. The van der Waals surface area contributed by atoms with E-state index in [1.807, 2.05) is 27.9 Å². The van der Waals surface area contributed by atoms with Crippen LogP contribution < -0.4 is 10.2 Å². The van der Waals surface area contributed by atoms with Gasteiger partial charge in [0.1, 0.15) is 11.9 Å². The van der Waals surface area contributed by atoms with Crippen molar-refractivity contribution in [1.82, 2.24) is 5.32 Å². The molecule has 2 rings (SSSR count). The second-order valence-corrected chi connectivity index (χ2v) is 5.42. The van der Waals surface area contributed by atoms with Gasteiger partial charge in [0.2, 0.25) is 0 Å². The summed E-state index contributed by atoms with van der Waals surface area (Å²) < 4.78 is 42.9. The van der Waals surface area contributed by atoms with E-state index in [9.17, 15) is 22.8 Å². The standard InChI is InChI=1S/C12H10F3IN2O3/c13-8-3-6(1-2-9(8)16)18-5-7(21-12(18)20)4-17-11(19)10(14)15/h1-3,7,10H,4-5H2,(H,17,19). The van der Waals surface area contributed by atoms with Crippen molar-refractivity contribution in [3.05, 3.63) is 27.6 Å². The van der Waals surface area contributed by atoms with E-state index in [-0.39, 0.29) is 13.1 Å². The maximum absolute atomic E-state index is 13.5. The SMILES string of the molecule is O=C(NCC1CN(c2ccc(I)c(F)c2)C(=O)O1)C(F)F. The van der Waals surface area contributed by atoms with Crippen LogP contribution in [-0.4, -0.2) is 37.6 Å². The van der Waals surface area contributed by atoms with Crippen molar-refractivity contribution in [2.45, 2.75) is 12.5 Å². The first-order valence-electron chi connectivity index (χ1n) is 5.87. The predicted octanol–water partition coefficient (Wildman–Crippen LogP) is 2.14. The summed E-state index contributed by atoms with van der Waals surface area (Å²) in [6, 6.07) is 4.24. The molecule has 21 heavy (non-hydrogen) atoms. The molecule has 5 nitrogen and oxygen atoms in total. The number of ether oxygens (including phenoxy) is 1. The molecule has 1 aliphatic heterocycles. The fraction of sp³-hybridized carbons (Fsp3) is 0.333. The molecule has 9 heteroatoms. The second-order valence-electron chi connectivity index (χ2n) is 4.26. The summed E-state index contributed by atoms with van der Waals surface area (Å²) in [5.41, 5.74) is 0.306. The average Bonchev–Trinajstić information content (AvgIpc) is 2.80. The maximum Gasteiger partial charge on any atom is 0.414 e. The molecule has 1 unspecified atom stereocenters. The Kier molecular flexibility index (Phi) is 4.91. The number of carbonyl (C=O) groups excluding carboxylic acids is 2. The van der Waals surface area contributed by atoms with E-state index in [1.165, 1.54) is 17.0 Å². The van der Waals surface area contributed by atoms with Crippen molar-refractivity contribution < 1.29 is 27.5 Å². The lowest BCUT2D eigenvalue weighted by Crippen LogP contribution is -2.37. The summed E-state index contributed by atoms with van der Waals surface area (Å²) in [4.78, 5) is 23.6. The van der Waals surface area contributed by atoms with E-state index in [0.29, 0.717) is 9.26 Å². The van der Waals surface area contributed by atoms with Crippen molar-refractivity contribution in [2.75, 3.05) is 18.0 Å². The lowest BCUT2D eigenvalue weighted by atomic mass is 10.2. The molecular weight excluding hydrogens is 404 g/mol. The monoisotopic (exact) mass is 414 g/mol. The topological polar surface area (TPSA) is 58.6 Å². The number of amides is 2. The molecular formula is C12H10F3IN2O3. The Morgan fingerprint density at radius 3 is 2.86 bits per heavy atom. The molecule has 1 aromatic carbocycles. The fourth-order valence-corrected chi connectivity index (χ4v) is 2.12. The Morgan fingerprint density at radius 1 is 1.52 bits per heavy atom. The van der Waals surface area contributed by atoms with Gasteiger partial charge in [-0.2, -0.15) is 8.78 Å². The third-order valence-electron chi connectivity index (χ3n) is 2.79. The summed E-state index contributed by atoms with van der Waals surface area (Å²) in [6.45, 7) is -0.180. The van der Waals surface area contributed by atoms with Gasteiger partial charge in [0.05, 0.1) is 18.8 Å². The molecule has 1 fully saturated rings. The van der Waals surface area contributed by atoms with Crippen LogP contribution in [0.4, 0.5) is 23.7 Å². The van der Waals surface area contributed by atoms with Gasteiger partial charge in [0, 0.05) is 3.57 Å². The zero-order valence-corrected chi connectivity index (χ0v) is 12.6. The molecule has 0 saturated carbocycles. The minimum atomic E-state index is -3.12. The first kappa shape index (κ1) is 15.9. The number of alkyl halides is 2. The first-order valence-corrected chi connectivity index (χ1v) is 6.95. The highest BCUT2D eigenvalue weighted by Gasteiger charge is 2.33. The highest BCUT2D eigenvalue weighted by atomic mass is 127. The van der Waals surface area contributed by atoms with Crippen LogP contribution in [-0.2, 0) is 9.53 Å². The van der Waals surface area contributed by atoms with Gasteiger partial charge in [-0.1, -0.05) is 0 Å². The lowest BCUT2D eigenvalue weighted by Gasteiger charge is -2.13. The van der Waals surface area contributed by atoms with Crippen molar-refractivity contribution in [3.63, 3.8) is 0 Å². The molecule has 0 radical (unpaired) electrons. The van der Waals surface area contributed by atoms with Crippen molar-refractivity contribution in [1.29, 1.82) is 0 Å². The number of hydrogen-bond acceptors (Lipinski definition) is 3. The van der Waals surface area contributed by atoms with E-state index < -0.39 is 30.3 Å². The van der Waals surface area contributed by atoms with E-state index in [1.54, 1.807) is 6.07 Å². The van der Waals surface area contributed by atoms with Crippen LogP contribution in [0.2, 0.25) is 0 Å². The van der Waals surface area contributed by atoms with Crippen molar-refractivity contribution in [3.8, 4) is 0 Å². The van der Waals surface area contributed by atoms with E-state index >= 15 is 0 Å². The minimum Gasteiger partial charge on any atom is -0.442 e. The normalized spacial score (nSPS) is 18.0. The van der Waals surface area contributed by atoms with Crippen LogP contribution in [0.1, 0.15) is 0 Å². The van der Waals surface area contributed by atoms with E-state index in [4.69, 9.17) is 4.74 Å². The summed E-state index contributed by atoms with van der Waals surface area (Å²) in [5.74, 6) is -1.90. The number of carbonyl (C=O) groups is 2. The highest BCUT2D eigenvalue weighted by molar-refractivity contribution is 14.1. The zero-order chi connectivity index (χ0) is 15.6. The fourth-order valence-electron chi connectivity index (χ4n) is 1.78. The van der Waals surface area contributed by atoms with Gasteiger partial charge in [0.15, 0.2) is 0 Å². The largest absolute Gasteiger partial charge is 0.442 e.